The molecule has 26 heavy (non-hydrogen) atoms. The summed E-state index contributed by atoms with van der Waals surface area (Å²) in [7, 11) is -3.47. The fraction of sp³-hybridized carbons (Fsp3) is 0.500. The molecular formula is C18H26ClN3O3S. The molecule has 1 aromatic rings. The van der Waals surface area contributed by atoms with Gasteiger partial charge in [-0.15, -0.1) is 0 Å². The highest BCUT2D eigenvalue weighted by molar-refractivity contribution is 7.92. The summed E-state index contributed by atoms with van der Waals surface area (Å²) in [5, 5.41) is 4.76. The van der Waals surface area contributed by atoms with Gasteiger partial charge in [-0.25, -0.2) is 8.42 Å². The minimum Gasteiger partial charge on any atom is -0.353 e. The Morgan fingerprint density at radius 2 is 1.85 bits per heavy atom. The maximum atomic E-state index is 12.5. The average Bonchev–Trinajstić information content (AvgIpc) is 2.61. The topological polar surface area (TPSA) is 69.7 Å². The van der Waals surface area contributed by atoms with E-state index in [1.54, 1.807) is 30.3 Å². The van der Waals surface area contributed by atoms with Crippen molar-refractivity contribution < 1.29 is 13.2 Å². The number of hydrogen-bond acceptors (Lipinski definition) is 4. The Hall–Kier alpha value is -1.41. The van der Waals surface area contributed by atoms with Gasteiger partial charge >= 0.3 is 0 Å². The van der Waals surface area contributed by atoms with Crippen molar-refractivity contribution in [2.75, 3.05) is 32.7 Å². The van der Waals surface area contributed by atoms with Gasteiger partial charge < -0.3 is 5.32 Å². The highest BCUT2D eigenvalue weighted by Gasteiger charge is 2.26. The van der Waals surface area contributed by atoms with Gasteiger partial charge in [-0.1, -0.05) is 30.7 Å². The number of sulfonamides is 1. The summed E-state index contributed by atoms with van der Waals surface area (Å²) >= 11 is 5.83. The standard InChI is InChI=1S/C18H26ClN3O3S/c1-3-15(2)20-18(23)14-21-9-11-22(12-10-21)26(24,25)13-8-16-4-6-17(19)7-5-16/h4-8,13,15H,3,9-12,14H2,1-2H3,(H,20,23)/b13-8+. The third-order valence-electron chi connectivity index (χ3n) is 4.38. The molecule has 1 aliphatic heterocycles. The fourth-order valence-electron chi connectivity index (χ4n) is 2.59. The summed E-state index contributed by atoms with van der Waals surface area (Å²) < 4.78 is 26.4. The van der Waals surface area contributed by atoms with Crippen LogP contribution in [0.2, 0.25) is 5.02 Å². The predicted octanol–water partition coefficient (Wildman–Crippen LogP) is 2.17. The van der Waals surface area contributed by atoms with E-state index in [2.05, 4.69) is 5.32 Å². The summed E-state index contributed by atoms with van der Waals surface area (Å²) in [4.78, 5) is 13.9. The Bertz CT molecular complexity index is 727. The molecule has 6 nitrogen and oxygen atoms in total. The molecule has 1 aliphatic rings. The van der Waals surface area contributed by atoms with Gasteiger partial charge in [0.1, 0.15) is 0 Å². The lowest BCUT2D eigenvalue weighted by molar-refractivity contribution is -0.123. The van der Waals surface area contributed by atoms with Crippen LogP contribution in [0.1, 0.15) is 25.8 Å². The molecule has 0 spiro atoms. The van der Waals surface area contributed by atoms with Crippen LogP contribution in [0.3, 0.4) is 0 Å². The second-order valence-electron chi connectivity index (χ2n) is 6.45. The van der Waals surface area contributed by atoms with Gasteiger partial charge in [0, 0.05) is 42.7 Å². The van der Waals surface area contributed by atoms with Crippen molar-refractivity contribution in [1.82, 2.24) is 14.5 Å². The van der Waals surface area contributed by atoms with E-state index < -0.39 is 10.0 Å². The zero-order chi connectivity index (χ0) is 19.2. The number of halogens is 1. The molecule has 144 valence electrons. The van der Waals surface area contributed by atoms with E-state index in [0.717, 1.165) is 12.0 Å². The molecule has 8 heteroatoms. The van der Waals surface area contributed by atoms with E-state index in [-0.39, 0.29) is 11.9 Å². The van der Waals surface area contributed by atoms with Crippen LogP contribution in [0.4, 0.5) is 0 Å². The molecule has 1 N–H and O–H groups in total. The van der Waals surface area contributed by atoms with Crippen LogP contribution in [0.15, 0.2) is 29.7 Å². The molecule has 0 bridgehead atoms. The van der Waals surface area contributed by atoms with E-state index in [1.165, 1.54) is 9.71 Å². The molecule has 0 radical (unpaired) electrons. The molecule has 1 amide bonds. The van der Waals surface area contributed by atoms with Crippen LogP contribution in [-0.4, -0.2) is 62.3 Å². The van der Waals surface area contributed by atoms with Crippen LogP contribution in [0.5, 0.6) is 0 Å². The fourth-order valence-corrected chi connectivity index (χ4v) is 3.89. The van der Waals surface area contributed by atoms with Gasteiger partial charge in [0.15, 0.2) is 0 Å². The molecule has 1 aromatic carbocycles. The molecule has 1 saturated heterocycles. The minimum atomic E-state index is -3.47. The SMILES string of the molecule is CCC(C)NC(=O)CN1CCN(S(=O)(=O)/C=C/c2ccc(Cl)cc2)CC1. The molecule has 0 aliphatic carbocycles. The number of nitrogens with zero attached hydrogens (tertiary/aromatic N) is 2. The molecule has 1 fully saturated rings. The Morgan fingerprint density at radius 1 is 1.23 bits per heavy atom. The summed E-state index contributed by atoms with van der Waals surface area (Å²) in [6.45, 7) is 6.14. The van der Waals surface area contributed by atoms with Crippen molar-refractivity contribution >= 4 is 33.6 Å². The van der Waals surface area contributed by atoms with Crippen molar-refractivity contribution in [2.45, 2.75) is 26.3 Å². The lowest BCUT2D eigenvalue weighted by Gasteiger charge is -2.33. The van der Waals surface area contributed by atoms with Crippen molar-refractivity contribution in [3.63, 3.8) is 0 Å². The van der Waals surface area contributed by atoms with Gasteiger partial charge in [-0.3, -0.25) is 9.69 Å². The molecule has 0 saturated carbocycles. The van der Waals surface area contributed by atoms with Gasteiger partial charge in [0.05, 0.1) is 6.54 Å². The van der Waals surface area contributed by atoms with E-state index in [4.69, 9.17) is 11.6 Å². The zero-order valence-corrected chi connectivity index (χ0v) is 16.8. The maximum Gasteiger partial charge on any atom is 0.236 e. The Balaban J connectivity index is 1.86. The van der Waals surface area contributed by atoms with Gasteiger partial charge in [0.25, 0.3) is 0 Å². The smallest absolute Gasteiger partial charge is 0.236 e. The summed E-state index contributed by atoms with van der Waals surface area (Å²) in [6.07, 6.45) is 2.45. The largest absolute Gasteiger partial charge is 0.353 e. The highest BCUT2D eigenvalue weighted by Crippen LogP contribution is 2.14. The average molecular weight is 400 g/mol. The lowest BCUT2D eigenvalue weighted by atomic mass is 10.2. The first-order valence-corrected chi connectivity index (χ1v) is 10.6. The second kappa shape index (κ2) is 9.50. The number of amides is 1. The quantitative estimate of drug-likeness (QED) is 0.762. The summed E-state index contributed by atoms with van der Waals surface area (Å²) in [5.74, 6) is -0.0155. The number of rotatable bonds is 7. The Morgan fingerprint density at radius 3 is 2.42 bits per heavy atom. The number of nitrogens with one attached hydrogen (secondary N) is 1. The van der Waals surface area contributed by atoms with E-state index in [0.29, 0.717) is 37.7 Å². The van der Waals surface area contributed by atoms with Crippen molar-refractivity contribution in [3.8, 4) is 0 Å². The third kappa shape index (κ3) is 6.39. The summed E-state index contributed by atoms with van der Waals surface area (Å²) in [5.41, 5.74) is 0.776. The number of hydrogen-bond donors (Lipinski definition) is 1. The van der Waals surface area contributed by atoms with Crippen LogP contribution < -0.4 is 5.32 Å². The molecule has 2 rings (SSSR count). The van der Waals surface area contributed by atoms with Crippen molar-refractivity contribution in [2.24, 2.45) is 0 Å². The molecule has 1 unspecified atom stereocenters. The van der Waals surface area contributed by atoms with Crippen LogP contribution in [0.25, 0.3) is 6.08 Å². The molecule has 1 atom stereocenters. The predicted molar refractivity (Wildman–Crippen MR) is 105 cm³/mol. The number of piperazine rings is 1. The lowest BCUT2D eigenvalue weighted by Crippen LogP contribution is -2.51. The van der Waals surface area contributed by atoms with Crippen LogP contribution >= 0.6 is 11.6 Å². The maximum absolute atomic E-state index is 12.5. The monoisotopic (exact) mass is 399 g/mol. The summed E-state index contributed by atoms with van der Waals surface area (Å²) in [6, 6.07) is 7.13. The van der Waals surface area contributed by atoms with E-state index in [1.807, 2.05) is 18.7 Å². The normalized spacial score (nSPS) is 18.1. The third-order valence-corrected chi connectivity index (χ3v) is 6.20. The Kier molecular flexibility index (Phi) is 7.64. The van der Waals surface area contributed by atoms with Crippen molar-refractivity contribution in [3.05, 3.63) is 40.3 Å². The molecule has 1 heterocycles. The minimum absolute atomic E-state index is 0.0155. The van der Waals surface area contributed by atoms with Gasteiger partial charge in [-0.05, 0) is 37.1 Å². The number of benzene rings is 1. The second-order valence-corrected chi connectivity index (χ2v) is 8.71. The number of carbonyl (C=O) groups is 1. The van der Waals surface area contributed by atoms with Crippen LogP contribution in [0, 0.1) is 0 Å². The highest BCUT2D eigenvalue weighted by atomic mass is 35.5. The first kappa shape index (κ1) is 20.9. The Labute approximate surface area is 160 Å². The number of carbonyl (C=O) groups excluding carboxylic acids is 1. The van der Waals surface area contributed by atoms with E-state index >= 15 is 0 Å². The first-order chi connectivity index (χ1) is 12.3. The molecule has 0 aromatic heterocycles. The first-order valence-electron chi connectivity index (χ1n) is 8.75. The van der Waals surface area contributed by atoms with Crippen LogP contribution in [-0.2, 0) is 14.8 Å². The molecular weight excluding hydrogens is 374 g/mol. The van der Waals surface area contributed by atoms with E-state index in [9.17, 15) is 13.2 Å². The van der Waals surface area contributed by atoms with Gasteiger partial charge in [0.2, 0.25) is 15.9 Å². The zero-order valence-electron chi connectivity index (χ0n) is 15.2. The van der Waals surface area contributed by atoms with Crippen molar-refractivity contribution in [1.29, 1.82) is 0 Å². The van der Waals surface area contributed by atoms with Gasteiger partial charge in [-0.2, -0.15) is 4.31 Å².